The summed E-state index contributed by atoms with van der Waals surface area (Å²) in [5.41, 5.74) is 3.82. The lowest BCUT2D eigenvalue weighted by Crippen LogP contribution is -2.32. The SMILES string of the molecule is COc1cc(/C=N\NC(=O)/C(=C/c2ccc3c(c2)OCO3)NC(=O)c2ccccc2)ccc1OC(=O)c1cccc(F)c1. The van der Waals surface area contributed by atoms with Gasteiger partial charge in [-0.25, -0.2) is 14.6 Å². The molecule has 0 aliphatic carbocycles. The van der Waals surface area contributed by atoms with Crippen LogP contribution in [0.3, 0.4) is 0 Å². The molecule has 1 heterocycles. The van der Waals surface area contributed by atoms with Crippen LogP contribution < -0.4 is 29.7 Å². The second-order valence-corrected chi connectivity index (χ2v) is 9.00. The van der Waals surface area contributed by atoms with E-state index in [1.165, 1.54) is 49.7 Å². The lowest BCUT2D eigenvalue weighted by molar-refractivity contribution is -0.117. The van der Waals surface area contributed by atoms with Gasteiger partial charge in [-0.1, -0.05) is 30.3 Å². The molecule has 1 aliphatic rings. The topological polar surface area (TPSA) is 125 Å². The maximum absolute atomic E-state index is 13.5. The van der Waals surface area contributed by atoms with Crippen molar-refractivity contribution in [2.45, 2.75) is 0 Å². The van der Waals surface area contributed by atoms with Gasteiger partial charge < -0.3 is 24.3 Å². The van der Waals surface area contributed by atoms with E-state index in [-0.39, 0.29) is 29.6 Å². The highest BCUT2D eigenvalue weighted by atomic mass is 19.1. The monoisotopic (exact) mass is 581 g/mol. The van der Waals surface area contributed by atoms with E-state index in [9.17, 15) is 18.8 Å². The van der Waals surface area contributed by atoms with Gasteiger partial charge in [0.15, 0.2) is 23.0 Å². The van der Waals surface area contributed by atoms with E-state index < -0.39 is 23.6 Å². The van der Waals surface area contributed by atoms with E-state index in [4.69, 9.17) is 18.9 Å². The van der Waals surface area contributed by atoms with E-state index in [0.717, 1.165) is 6.07 Å². The Morgan fingerprint density at radius 3 is 2.40 bits per heavy atom. The van der Waals surface area contributed by atoms with Gasteiger partial charge in [-0.05, 0) is 77.9 Å². The molecule has 0 aromatic heterocycles. The van der Waals surface area contributed by atoms with Crippen LogP contribution in [0, 0.1) is 5.82 Å². The zero-order chi connectivity index (χ0) is 30.2. The van der Waals surface area contributed by atoms with Crippen molar-refractivity contribution in [3.63, 3.8) is 0 Å². The number of hydrogen-bond acceptors (Lipinski definition) is 8. The maximum Gasteiger partial charge on any atom is 0.343 e. The minimum atomic E-state index is -0.759. The molecule has 10 nitrogen and oxygen atoms in total. The first-order valence-electron chi connectivity index (χ1n) is 12.9. The van der Waals surface area contributed by atoms with E-state index >= 15 is 0 Å². The van der Waals surface area contributed by atoms with E-state index in [2.05, 4.69) is 15.8 Å². The number of amides is 2. The number of hydrogen-bond donors (Lipinski definition) is 2. The fourth-order valence-electron chi connectivity index (χ4n) is 3.96. The van der Waals surface area contributed by atoms with Crippen LogP contribution in [0.15, 0.2) is 102 Å². The molecule has 11 heteroatoms. The van der Waals surface area contributed by atoms with Crippen LogP contribution >= 0.6 is 0 Å². The Morgan fingerprint density at radius 2 is 1.60 bits per heavy atom. The second kappa shape index (κ2) is 13.1. The zero-order valence-corrected chi connectivity index (χ0v) is 22.7. The van der Waals surface area contributed by atoms with Gasteiger partial charge in [-0.2, -0.15) is 5.10 Å². The van der Waals surface area contributed by atoms with Gasteiger partial charge in [0.25, 0.3) is 11.8 Å². The number of carbonyl (C=O) groups is 3. The van der Waals surface area contributed by atoms with Crippen LogP contribution in [-0.4, -0.2) is 37.9 Å². The average molecular weight is 582 g/mol. The van der Waals surface area contributed by atoms with Crippen molar-refractivity contribution in [1.29, 1.82) is 0 Å². The second-order valence-electron chi connectivity index (χ2n) is 9.00. The number of esters is 1. The van der Waals surface area contributed by atoms with Gasteiger partial charge in [-0.3, -0.25) is 9.59 Å². The standard InChI is InChI=1S/C32H24FN3O7/c1-40-28-16-21(11-13-27(28)43-32(39)23-8-5-9-24(33)17-23)18-34-36-31(38)25(35-30(37)22-6-3-2-4-7-22)14-20-10-12-26-29(15-20)42-19-41-26/h2-18H,19H2,1H3,(H,35,37)(H,36,38)/b25-14-,34-18-. The van der Waals surface area contributed by atoms with Gasteiger partial charge in [0.2, 0.25) is 6.79 Å². The minimum absolute atomic E-state index is 0.0411. The minimum Gasteiger partial charge on any atom is -0.493 e. The summed E-state index contributed by atoms with van der Waals surface area (Å²) in [5, 5.41) is 6.63. The largest absolute Gasteiger partial charge is 0.493 e. The molecule has 0 atom stereocenters. The molecule has 1 aliphatic heterocycles. The Balaban J connectivity index is 1.31. The van der Waals surface area contributed by atoms with Gasteiger partial charge >= 0.3 is 5.97 Å². The molecule has 4 aromatic carbocycles. The molecule has 2 amide bonds. The number of fused-ring (bicyclic) bond motifs is 1. The highest BCUT2D eigenvalue weighted by Gasteiger charge is 2.17. The molecular formula is C32H24FN3O7. The number of halogens is 1. The van der Waals surface area contributed by atoms with Crippen LogP contribution in [0.4, 0.5) is 4.39 Å². The summed E-state index contributed by atoms with van der Waals surface area (Å²) < 4.78 is 34.9. The van der Waals surface area contributed by atoms with Crippen molar-refractivity contribution >= 4 is 30.1 Å². The van der Waals surface area contributed by atoms with Crippen molar-refractivity contribution < 1.29 is 37.7 Å². The third-order valence-corrected chi connectivity index (χ3v) is 6.07. The van der Waals surface area contributed by atoms with E-state index in [1.807, 2.05) is 0 Å². The Hall–Kier alpha value is -5.97. The molecule has 4 aromatic rings. The Kier molecular flexibility index (Phi) is 8.72. The molecular weight excluding hydrogens is 557 g/mol. The van der Waals surface area contributed by atoms with Crippen molar-refractivity contribution in [3.05, 3.63) is 125 Å². The molecule has 216 valence electrons. The fourth-order valence-corrected chi connectivity index (χ4v) is 3.96. The summed E-state index contributed by atoms with van der Waals surface area (Å²) in [6.45, 7) is 0.0938. The zero-order valence-electron chi connectivity index (χ0n) is 22.7. The average Bonchev–Trinajstić information content (AvgIpc) is 3.49. The summed E-state index contributed by atoms with van der Waals surface area (Å²) in [4.78, 5) is 38.4. The number of hydrazone groups is 1. The molecule has 0 spiro atoms. The number of rotatable bonds is 9. The first kappa shape index (κ1) is 28.6. The molecule has 5 rings (SSSR count). The fraction of sp³-hybridized carbons (Fsp3) is 0.0625. The van der Waals surface area contributed by atoms with Crippen molar-refractivity contribution in [1.82, 2.24) is 10.7 Å². The maximum atomic E-state index is 13.5. The molecule has 0 saturated heterocycles. The Labute approximate surface area is 245 Å². The Bertz CT molecular complexity index is 1740. The summed E-state index contributed by atoms with van der Waals surface area (Å²) in [6.07, 6.45) is 2.83. The summed E-state index contributed by atoms with van der Waals surface area (Å²) >= 11 is 0. The number of nitrogens with one attached hydrogen (secondary N) is 2. The lowest BCUT2D eigenvalue weighted by atomic mass is 10.1. The highest BCUT2D eigenvalue weighted by molar-refractivity contribution is 6.05. The molecule has 0 unspecified atom stereocenters. The number of methoxy groups -OCH3 is 1. The first-order chi connectivity index (χ1) is 20.9. The third kappa shape index (κ3) is 7.22. The van der Waals surface area contributed by atoms with E-state index in [1.54, 1.807) is 54.6 Å². The lowest BCUT2D eigenvalue weighted by Gasteiger charge is -2.10. The van der Waals surface area contributed by atoms with Crippen molar-refractivity contribution in [3.8, 4) is 23.0 Å². The third-order valence-electron chi connectivity index (χ3n) is 6.07. The van der Waals surface area contributed by atoms with Gasteiger partial charge in [0, 0.05) is 5.56 Å². The summed E-state index contributed by atoms with van der Waals surface area (Å²) in [7, 11) is 1.39. The number of carbonyl (C=O) groups excluding carboxylic acids is 3. The Morgan fingerprint density at radius 1 is 0.837 bits per heavy atom. The van der Waals surface area contributed by atoms with Gasteiger partial charge in [0.1, 0.15) is 11.5 Å². The van der Waals surface area contributed by atoms with E-state index in [0.29, 0.717) is 28.2 Å². The van der Waals surface area contributed by atoms with Crippen LogP contribution in [0.25, 0.3) is 6.08 Å². The number of nitrogens with zero attached hydrogens (tertiary/aromatic N) is 1. The first-order valence-corrected chi connectivity index (χ1v) is 12.9. The predicted molar refractivity (Wildman–Crippen MR) is 155 cm³/mol. The smallest absolute Gasteiger partial charge is 0.343 e. The van der Waals surface area contributed by atoms with Crippen LogP contribution in [0.5, 0.6) is 23.0 Å². The molecule has 0 saturated carbocycles. The molecule has 0 radical (unpaired) electrons. The quantitative estimate of drug-likeness (QED) is 0.0965. The van der Waals surface area contributed by atoms with Gasteiger partial charge in [-0.15, -0.1) is 0 Å². The summed E-state index contributed by atoms with van der Waals surface area (Å²) in [6, 6.07) is 23.2. The molecule has 43 heavy (non-hydrogen) atoms. The molecule has 2 N–H and O–H groups in total. The van der Waals surface area contributed by atoms with Crippen LogP contribution in [-0.2, 0) is 4.79 Å². The van der Waals surface area contributed by atoms with Gasteiger partial charge in [0.05, 0.1) is 18.9 Å². The normalized spacial score (nSPS) is 12.1. The van der Waals surface area contributed by atoms with Crippen LogP contribution in [0.1, 0.15) is 31.8 Å². The molecule has 0 fully saturated rings. The predicted octanol–water partition coefficient (Wildman–Crippen LogP) is 4.70. The number of benzene rings is 4. The summed E-state index contributed by atoms with van der Waals surface area (Å²) in [5.74, 6) is -1.10. The molecule has 0 bridgehead atoms. The highest BCUT2D eigenvalue weighted by Crippen LogP contribution is 2.33. The van der Waals surface area contributed by atoms with Crippen molar-refractivity contribution in [2.75, 3.05) is 13.9 Å². The van der Waals surface area contributed by atoms with Crippen LogP contribution in [0.2, 0.25) is 0 Å². The van der Waals surface area contributed by atoms with Crippen molar-refractivity contribution in [2.24, 2.45) is 5.10 Å². The number of ether oxygens (including phenoxy) is 4.